The standard InChI is InChI=1S/C21H22F5N3O7S/c1-21(2,3)36-20(32)28-11(8-30)19(31)27-10-7-9(5-6-12(10)35-4)29-37(33,34)18-16(25)14(23)13(22)15(24)17(18)26/h5-7,11,29-30H,8H2,1-4H3,(H,27,31)(H,28,32)/t11-/m0/s1. The first kappa shape index (κ1) is 29.6. The van der Waals surface area contributed by atoms with E-state index in [0.29, 0.717) is 0 Å². The van der Waals surface area contributed by atoms with Crippen molar-refractivity contribution < 1.29 is 54.5 Å². The summed E-state index contributed by atoms with van der Waals surface area (Å²) < 4.78 is 105. The normalized spacial score (nSPS) is 12.5. The number of methoxy groups -OCH3 is 1. The van der Waals surface area contributed by atoms with E-state index < -0.39 is 79.9 Å². The molecule has 4 N–H and O–H groups in total. The highest BCUT2D eigenvalue weighted by atomic mass is 32.2. The summed E-state index contributed by atoms with van der Waals surface area (Å²) in [5.74, 6) is -13.7. The quantitative estimate of drug-likeness (QED) is 0.223. The van der Waals surface area contributed by atoms with E-state index in [0.717, 1.165) is 18.2 Å². The average molecular weight is 555 g/mol. The number of aliphatic hydroxyl groups excluding tert-OH is 1. The molecule has 0 bridgehead atoms. The molecular formula is C21H22F5N3O7S. The fourth-order valence-corrected chi connectivity index (χ4v) is 3.95. The fraction of sp³-hybridized carbons (Fsp3) is 0.333. The molecule has 0 unspecified atom stereocenters. The maximum Gasteiger partial charge on any atom is 0.408 e. The van der Waals surface area contributed by atoms with Crippen molar-refractivity contribution in [2.75, 3.05) is 23.8 Å². The maximum atomic E-state index is 14.0. The first-order valence-corrected chi connectivity index (χ1v) is 11.6. The summed E-state index contributed by atoms with van der Waals surface area (Å²) in [5.41, 5.74) is -1.65. The number of hydrogen-bond acceptors (Lipinski definition) is 7. The van der Waals surface area contributed by atoms with Crippen molar-refractivity contribution in [2.24, 2.45) is 0 Å². The monoisotopic (exact) mass is 555 g/mol. The van der Waals surface area contributed by atoms with E-state index in [1.54, 1.807) is 25.5 Å². The summed E-state index contributed by atoms with van der Waals surface area (Å²) in [6.07, 6.45) is -1.03. The smallest absolute Gasteiger partial charge is 0.408 e. The number of benzene rings is 2. The van der Waals surface area contributed by atoms with Gasteiger partial charge >= 0.3 is 6.09 Å². The van der Waals surface area contributed by atoms with Crippen LogP contribution >= 0.6 is 0 Å². The molecular weight excluding hydrogens is 533 g/mol. The van der Waals surface area contributed by atoms with Gasteiger partial charge in [-0.2, -0.15) is 0 Å². The lowest BCUT2D eigenvalue weighted by Gasteiger charge is -2.22. The Balaban J connectivity index is 2.36. The van der Waals surface area contributed by atoms with Crippen molar-refractivity contribution in [1.29, 1.82) is 0 Å². The van der Waals surface area contributed by atoms with Crippen LogP contribution in [0.2, 0.25) is 0 Å². The largest absolute Gasteiger partial charge is 0.495 e. The molecule has 0 aliphatic carbocycles. The molecule has 0 fully saturated rings. The van der Waals surface area contributed by atoms with E-state index in [2.05, 4.69) is 10.6 Å². The van der Waals surface area contributed by atoms with Gasteiger partial charge in [-0.15, -0.1) is 0 Å². The number of amides is 2. The van der Waals surface area contributed by atoms with Gasteiger partial charge in [0.2, 0.25) is 11.7 Å². The van der Waals surface area contributed by atoms with Crippen molar-refractivity contribution in [2.45, 2.75) is 37.3 Å². The van der Waals surface area contributed by atoms with E-state index >= 15 is 0 Å². The van der Waals surface area contributed by atoms with Crippen LogP contribution in [0.25, 0.3) is 0 Å². The summed E-state index contributed by atoms with van der Waals surface area (Å²) in [6.45, 7) is 3.80. The number of anilines is 2. The van der Waals surface area contributed by atoms with Crippen LogP contribution < -0.4 is 20.1 Å². The lowest BCUT2D eigenvalue weighted by molar-refractivity contribution is -0.119. The van der Waals surface area contributed by atoms with Gasteiger partial charge in [0, 0.05) is 0 Å². The van der Waals surface area contributed by atoms with Crippen molar-refractivity contribution in [3.05, 3.63) is 47.3 Å². The van der Waals surface area contributed by atoms with Gasteiger partial charge in [0.1, 0.15) is 17.4 Å². The Morgan fingerprint density at radius 3 is 2.03 bits per heavy atom. The molecule has 0 aliphatic rings. The first-order valence-electron chi connectivity index (χ1n) is 10.2. The van der Waals surface area contributed by atoms with Gasteiger partial charge < -0.3 is 25.2 Å². The van der Waals surface area contributed by atoms with Crippen LogP contribution in [0.4, 0.5) is 38.1 Å². The lowest BCUT2D eigenvalue weighted by atomic mass is 10.2. The number of nitrogens with one attached hydrogen (secondary N) is 3. The van der Waals surface area contributed by atoms with Gasteiger partial charge in [-0.25, -0.2) is 35.2 Å². The average Bonchev–Trinajstić information content (AvgIpc) is 2.78. The van der Waals surface area contributed by atoms with Gasteiger partial charge in [-0.3, -0.25) is 9.52 Å². The van der Waals surface area contributed by atoms with Crippen LogP contribution in [-0.2, 0) is 19.6 Å². The molecule has 2 aromatic rings. The zero-order valence-electron chi connectivity index (χ0n) is 19.7. The Hall–Kier alpha value is -3.66. The topological polar surface area (TPSA) is 143 Å². The Morgan fingerprint density at radius 2 is 1.54 bits per heavy atom. The molecule has 1 atom stereocenters. The Morgan fingerprint density at radius 1 is 1.00 bits per heavy atom. The maximum absolute atomic E-state index is 14.0. The molecule has 0 saturated carbocycles. The predicted molar refractivity (Wildman–Crippen MR) is 119 cm³/mol. The van der Waals surface area contributed by atoms with Gasteiger partial charge in [-0.1, -0.05) is 0 Å². The van der Waals surface area contributed by atoms with Gasteiger partial charge in [0.15, 0.2) is 28.2 Å². The highest BCUT2D eigenvalue weighted by molar-refractivity contribution is 7.92. The van der Waals surface area contributed by atoms with Gasteiger partial charge in [-0.05, 0) is 39.0 Å². The van der Waals surface area contributed by atoms with Crippen LogP contribution in [-0.4, -0.2) is 50.9 Å². The lowest BCUT2D eigenvalue weighted by Crippen LogP contribution is -2.47. The Labute approximate surface area is 207 Å². The molecule has 0 saturated heterocycles. The molecule has 2 aromatic carbocycles. The number of ether oxygens (including phenoxy) is 2. The molecule has 37 heavy (non-hydrogen) atoms. The van der Waals surface area contributed by atoms with Crippen molar-refractivity contribution in [3.63, 3.8) is 0 Å². The summed E-state index contributed by atoms with van der Waals surface area (Å²) in [5, 5.41) is 13.9. The summed E-state index contributed by atoms with van der Waals surface area (Å²) >= 11 is 0. The second-order valence-corrected chi connectivity index (χ2v) is 9.91. The van der Waals surface area contributed by atoms with E-state index in [1.165, 1.54) is 7.11 Å². The Kier molecular flexibility index (Phi) is 8.92. The van der Waals surface area contributed by atoms with Crippen LogP contribution in [0.5, 0.6) is 5.75 Å². The second-order valence-electron chi connectivity index (χ2n) is 8.29. The SMILES string of the molecule is COc1ccc(NS(=O)(=O)c2c(F)c(F)c(F)c(F)c2F)cc1NC(=O)[C@H](CO)NC(=O)OC(C)(C)C. The number of hydrogen-bond donors (Lipinski definition) is 4. The molecule has 16 heteroatoms. The minimum Gasteiger partial charge on any atom is -0.495 e. The van der Waals surface area contributed by atoms with Gasteiger partial charge in [0.25, 0.3) is 10.0 Å². The molecule has 10 nitrogen and oxygen atoms in total. The van der Waals surface area contributed by atoms with E-state index in [9.17, 15) is 45.1 Å². The van der Waals surface area contributed by atoms with Crippen LogP contribution in [0, 0.1) is 29.1 Å². The number of rotatable bonds is 8. The third kappa shape index (κ3) is 6.97. The number of aliphatic hydroxyl groups is 1. The molecule has 0 aromatic heterocycles. The van der Waals surface area contributed by atoms with Crippen molar-refractivity contribution >= 4 is 33.4 Å². The minimum atomic E-state index is -5.37. The number of carbonyl (C=O) groups is 2. The van der Waals surface area contributed by atoms with E-state index in [4.69, 9.17) is 9.47 Å². The molecule has 0 aliphatic heterocycles. The van der Waals surface area contributed by atoms with E-state index in [-0.39, 0.29) is 11.4 Å². The second kappa shape index (κ2) is 11.2. The van der Waals surface area contributed by atoms with Crippen LogP contribution in [0.1, 0.15) is 20.8 Å². The zero-order valence-corrected chi connectivity index (χ0v) is 20.5. The number of sulfonamides is 1. The summed E-state index contributed by atoms with van der Waals surface area (Å²) in [4.78, 5) is 22.4. The Bertz CT molecular complexity index is 1290. The number of alkyl carbamates (subject to hydrolysis) is 1. The molecule has 2 rings (SSSR count). The predicted octanol–water partition coefficient (Wildman–Crippen LogP) is 3.02. The van der Waals surface area contributed by atoms with Crippen LogP contribution in [0.15, 0.2) is 23.1 Å². The molecule has 204 valence electrons. The van der Waals surface area contributed by atoms with Crippen LogP contribution in [0.3, 0.4) is 0 Å². The van der Waals surface area contributed by atoms with Gasteiger partial charge in [0.05, 0.1) is 25.1 Å². The minimum absolute atomic E-state index is 0.0681. The summed E-state index contributed by atoms with van der Waals surface area (Å²) in [6, 6.07) is 1.46. The van der Waals surface area contributed by atoms with Crippen molar-refractivity contribution in [1.82, 2.24) is 5.32 Å². The highest BCUT2D eigenvalue weighted by Gasteiger charge is 2.34. The molecule has 2 amide bonds. The number of halogens is 5. The zero-order chi connectivity index (χ0) is 28.3. The van der Waals surface area contributed by atoms with E-state index in [1.807, 2.05) is 0 Å². The molecule has 0 radical (unpaired) electrons. The highest BCUT2D eigenvalue weighted by Crippen LogP contribution is 2.31. The van der Waals surface area contributed by atoms with Crippen molar-refractivity contribution in [3.8, 4) is 5.75 Å². The molecule has 0 spiro atoms. The third-order valence-corrected chi connectivity index (χ3v) is 5.74. The third-order valence-electron chi connectivity index (χ3n) is 4.34. The summed E-state index contributed by atoms with van der Waals surface area (Å²) in [7, 11) is -4.20. The fourth-order valence-electron chi connectivity index (χ4n) is 2.76. The number of carbonyl (C=O) groups excluding carboxylic acids is 2. The first-order chi connectivity index (χ1) is 17.0. The molecule has 0 heterocycles.